The number of furan rings is 1. The first-order chi connectivity index (χ1) is 18.7. The van der Waals surface area contributed by atoms with Gasteiger partial charge in [-0.3, -0.25) is 14.5 Å². The van der Waals surface area contributed by atoms with Crippen LogP contribution in [0, 0.1) is 5.92 Å². The third-order valence-electron chi connectivity index (χ3n) is 7.60. The molecule has 0 radical (unpaired) electrons. The molecule has 4 heterocycles. The molecule has 2 N–H and O–H groups in total. The van der Waals surface area contributed by atoms with Gasteiger partial charge in [0.05, 0.1) is 29.1 Å². The maximum Gasteiger partial charge on any atom is 0.336 e. The highest BCUT2D eigenvalue weighted by atomic mass is 16.4. The van der Waals surface area contributed by atoms with Crippen LogP contribution < -0.4 is 5.32 Å². The first-order valence-electron chi connectivity index (χ1n) is 13.1. The van der Waals surface area contributed by atoms with E-state index in [1.54, 1.807) is 30.3 Å². The van der Waals surface area contributed by atoms with Gasteiger partial charge in [-0.1, -0.05) is 38.1 Å². The molecule has 39 heavy (non-hydrogen) atoms. The van der Waals surface area contributed by atoms with E-state index in [1.165, 1.54) is 17.9 Å². The Bertz CT molecular complexity index is 1690. The molecule has 4 aromatic rings. The summed E-state index contributed by atoms with van der Waals surface area (Å²) in [5, 5.41) is 14.2. The highest BCUT2D eigenvalue weighted by molar-refractivity contribution is 6.11. The van der Waals surface area contributed by atoms with Gasteiger partial charge in [-0.05, 0) is 48.2 Å². The van der Waals surface area contributed by atoms with Crippen molar-refractivity contribution in [2.75, 3.05) is 11.9 Å². The number of benzene rings is 2. The number of aryl methyl sites for hydroxylation is 1. The van der Waals surface area contributed by atoms with Gasteiger partial charge in [0.1, 0.15) is 11.5 Å². The fourth-order valence-corrected chi connectivity index (χ4v) is 5.69. The summed E-state index contributed by atoms with van der Waals surface area (Å²) < 4.78 is 8.59. The van der Waals surface area contributed by atoms with Crippen LogP contribution in [0.4, 0.5) is 5.69 Å². The summed E-state index contributed by atoms with van der Waals surface area (Å²) in [7, 11) is 0. The molecule has 2 aromatic carbocycles. The number of imide groups is 1. The Hall–Kier alpha value is -4.59. The lowest BCUT2D eigenvalue weighted by Gasteiger charge is -2.17. The molecule has 0 fully saturated rings. The lowest BCUT2D eigenvalue weighted by molar-refractivity contribution is -0.139. The lowest BCUT2D eigenvalue weighted by Crippen LogP contribution is -2.33. The molecular weight excluding hydrogens is 494 g/mol. The zero-order chi connectivity index (χ0) is 27.4. The van der Waals surface area contributed by atoms with Crippen molar-refractivity contribution in [2.24, 2.45) is 5.92 Å². The summed E-state index contributed by atoms with van der Waals surface area (Å²) in [4.78, 5) is 39.2. The minimum Gasteiger partial charge on any atom is -0.478 e. The molecule has 0 saturated carbocycles. The Morgan fingerprint density at radius 1 is 1.10 bits per heavy atom. The summed E-state index contributed by atoms with van der Waals surface area (Å²) in [6.07, 6.45) is 3.09. The van der Waals surface area contributed by atoms with Crippen molar-refractivity contribution < 1.29 is 23.9 Å². The number of aromatic nitrogens is 1. The van der Waals surface area contributed by atoms with E-state index in [0.29, 0.717) is 34.3 Å². The third-order valence-corrected chi connectivity index (χ3v) is 7.60. The molecule has 0 spiro atoms. The predicted octanol–water partition coefficient (Wildman–Crippen LogP) is 5.85. The quantitative estimate of drug-likeness (QED) is 0.329. The van der Waals surface area contributed by atoms with Crippen LogP contribution >= 0.6 is 0 Å². The number of carbonyl (C=O) groups excluding carboxylic acids is 2. The van der Waals surface area contributed by atoms with Crippen LogP contribution in [-0.4, -0.2) is 38.9 Å². The smallest absolute Gasteiger partial charge is 0.336 e. The average Bonchev–Trinajstić information content (AvgIpc) is 3.59. The topological polar surface area (TPSA) is 105 Å². The molecule has 0 bridgehead atoms. The van der Waals surface area contributed by atoms with Gasteiger partial charge in [0.15, 0.2) is 0 Å². The van der Waals surface area contributed by atoms with Gasteiger partial charge in [0.2, 0.25) is 5.91 Å². The molecule has 1 atom stereocenters. The second-order valence-electron chi connectivity index (χ2n) is 10.6. The number of anilines is 1. The van der Waals surface area contributed by atoms with E-state index >= 15 is 0 Å². The van der Waals surface area contributed by atoms with Gasteiger partial charge in [-0.25, -0.2) is 4.79 Å². The van der Waals surface area contributed by atoms with Crippen LogP contribution in [0.5, 0.6) is 0 Å². The number of amides is 2. The van der Waals surface area contributed by atoms with E-state index in [2.05, 4.69) is 36.0 Å². The minimum absolute atomic E-state index is 0.133. The molecule has 0 saturated heterocycles. The molecule has 8 heteroatoms. The first kappa shape index (κ1) is 24.7. The zero-order valence-electron chi connectivity index (χ0n) is 22.0. The number of carbonyl (C=O) groups is 3. The van der Waals surface area contributed by atoms with Gasteiger partial charge in [0, 0.05) is 42.0 Å². The van der Waals surface area contributed by atoms with Crippen LogP contribution in [0.3, 0.4) is 0 Å². The molecule has 2 aliphatic heterocycles. The number of hydrogen-bond acceptors (Lipinski definition) is 5. The highest BCUT2D eigenvalue weighted by Crippen LogP contribution is 2.47. The molecule has 2 aromatic heterocycles. The van der Waals surface area contributed by atoms with E-state index in [-0.39, 0.29) is 23.9 Å². The first-order valence-corrected chi connectivity index (χ1v) is 13.1. The molecule has 6 rings (SSSR count). The van der Waals surface area contributed by atoms with Crippen LogP contribution in [-0.2, 0) is 16.1 Å². The fraction of sp³-hybridized carbons (Fsp3) is 0.258. The summed E-state index contributed by atoms with van der Waals surface area (Å²) in [5.41, 5.74) is 4.57. The lowest BCUT2D eigenvalue weighted by atomic mass is 9.88. The number of rotatable bonds is 6. The van der Waals surface area contributed by atoms with E-state index in [1.807, 2.05) is 12.1 Å². The molecule has 2 amide bonds. The Kier molecular flexibility index (Phi) is 5.90. The molecule has 0 aliphatic carbocycles. The van der Waals surface area contributed by atoms with E-state index in [0.717, 1.165) is 35.1 Å². The molecule has 8 nitrogen and oxygen atoms in total. The second kappa shape index (κ2) is 9.31. The minimum atomic E-state index is -1.05. The van der Waals surface area contributed by atoms with Crippen LogP contribution in [0.15, 0.2) is 76.5 Å². The number of nitrogens with one attached hydrogen (secondary N) is 1. The molecule has 1 unspecified atom stereocenters. The number of carboxylic acid groups (broad SMARTS) is 1. The number of hydrogen-bond donors (Lipinski definition) is 2. The van der Waals surface area contributed by atoms with Crippen molar-refractivity contribution in [3.8, 4) is 11.3 Å². The molecule has 198 valence electrons. The number of nitrogens with zero attached hydrogens (tertiary/aromatic N) is 2. The Morgan fingerprint density at radius 3 is 2.64 bits per heavy atom. The Balaban J connectivity index is 1.56. The van der Waals surface area contributed by atoms with Gasteiger partial charge < -0.3 is 19.4 Å². The third kappa shape index (κ3) is 4.03. The zero-order valence-corrected chi connectivity index (χ0v) is 22.0. The normalized spacial score (nSPS) is 16.6. The largest absolute Gasteiger partial charge is 0.478 e. The van der Waals surface area contributed by atoms with Crippen molar-refractivity contribution in [3.05, 3.63) is 89.0 Å². The van der Waals surface area contributed by atoms with Crippen molar-refractivity contribution in [3.63, 3.8) is 0 Å². The standard InChI is InChI=1S/C31H29N3O5/c1-17(2)13-14-33-15-21-27-22(9-6-10-24(27)33)32-23-16-34(18(3)35)30(36)29(23)28(21)26-12-11-25(39-26)19-7-4-5-8-20(19)31(37)38/h4-12,15,17,28,32H,13-14,16H2,1-3H3,(H,37,38). The monoisotopic (exact) mass is 523 g/mol. The Morgan fingerprint density at radius 2 is 1.90 bits per heavy atom. The predicted molar refractivity (Wildman–Crippen MR) is 147 cm³/mol. The van der Waals surface area contributed by atoms with Crippen LogP contribution in [0.25, 0.3) is 22.2 Å². The van der Waals surface area contributed by atoms with Crippen molar-refractivity contribution >= 4 is 34.4 Å². The van der Waals surface area contributed by atoms with Gasteiger partial charge in [-0.15, -0.1) is 0 Å². The van der Waals surface area contributed by atoms with E-state index < -0.39 is 11.9 Å². The van der Waals surface area contributed by atoms with Gasteiger partial charge >= 0.3 is 5.97 Å². The molecular formula is C31H29N3O5. The summed E-state index contributed by atoms with van der Waals surface area (Å²) >= 11 is 0. The van der Waals surface area contributed by atoms with Gasteiger partial charge in [-0.2, -0.15) is 0 Å². The second-order valence-corrected chi connectivity index (χ2v) is 10.6. The van der Waals surface area contributed by atoms with Crippen molar-refractivity contribution in [1.29, 1.82) is 0 Å². The summed E-state index contributed by atoms with van der Waals surface area (Å²) in [5.74, 6) is -0.868. The maximum atomic E-state index is 13.7. The van der Waals surface area contributed by atoms with E-state index in [9.17, 15) is 19.5 Å². The number of aromatic carboxylic acids is 1. The highest BCUT2D eigenvalue weighted by Gasteiger charge is 2.43. The Labute approximate surface area is 225 Å². The molecule has 2 aliphatic rings. The van der Waals surface area contributed by atoms with Crippen molar-refractivity contribution in [2.45, 2.75) is 39.7 Å². The average molecular weight is 524 g/mol. The van der Waals surface area contributed by atoms with E-state index in [4.69, 9.17) is 4.42 Å². The SMILES string of the molecule is CC(=O)N1CC2=C(C1=O)C(c1ccc(-c3ccccc3C(=O)O)o1)c1cn(CCC(C)C)c3cccc(c13)N2. The van der Waals surface area contributed by atoms with Crippen LogP contribution in [0.1, 0.15) is 54.8 Å². The summed E-state index contributed by atoms with van der Waals surface area (Å²) in [6, 6.07) is 16.3. The van der Waals surface area contributed by atoms with Gasteiger partial charge in [0.25, 0.3) is 5.91 Å². The fourth-order valence-electron chi connectivity index (χ4n) is 5.69. The van der Waals surface area contributed by atoms with Crippen LogP contribution in [0.2, 0.25) is 0 Å². The van der Waals surface area contributed by atoms with Crippen molar-refractivity contribution in [1.82, 2.24) is 9.47 Å². The summed E-state index contributed by atoms with van der Waals surface area (Å²) in [6.45, 7) is 6.75. The maximum absolute atomic E-state index is 13.7. The number of carboxylic acids is 1.